The van der Waals surface area contributed by atoms with Gasteiger partial charge in [0.25, 0.3) is 5.91 Å². The SMILES string of the molecule is COc1cccc(NC(=O)COC(=O)Cn2ccc(C(F)(F)F)n2)c1. The molecule has 2 aromatic rings. The number of methoxy groups -OCH3 is 1. The summed E-state index contributed by atoms with van der Waals surface area (Å²) in [6.45, 7) is -1.12. The average molecular weight is 357 g/mol. The number of ether oxygens (including phenoxy) is 2. The summed E-state index contributed by atoms with van der Waals surface area (Å²) in [5.41, 5.74) is -0.668. The summed E-state index contributed by atoms with van der Waals surface area (Å²) in [7, 11) is 1.47. The summed E-state index contributed by atoms with van der Waals surface area (Å²) in [6, 6.07) is 7.28. The molecular formula is C15H14F3N3O4. The van der Waals surface area contributed by atoms with E-state index >= 15 is 0 Å². The molecule has 0 bridgehead atoms. The van der Waals surface area contributed by atoms with Gasteiger partial charge >= 0.3 is 12.1 Å². The summed E-state index contributed by atoms with van der Waals surface area (Å²) in [5, 5.41) is 5.70. The smallest absolute Gasteiger partial charge is 0.435 e. The highest BCUT2D eigenvalue weighted by Crippen LogP contribution is 2.27. The number of esters is 1. The molecule has 7 nitrogen and oxygen atoms in total. The standard InChI is InChI=1S/C15H14F3N3O4/c1-24-11-4-2-3-10(7-11)19-13(22)9-25-14(23)8-21-6-5-12(20-21)15(16,17)18/h2-7H,8-9H2,1H3,(H,19,22). The predicted molar refractivity (Wildman–Crippen MR) is 79.8 cm³/mol. The van der Waals surface area contributed by atoms with Gasteiger partial charge in [-0.25, -0.2) is 0 Å². The van der Waals surface area contributed by atoms with Gasteiger partial charge in [0.2, 0.25) is 0 Å². The van der Waals surface area contributed by atoms with Gasteiger partial charge in [-0.15, -0.1) is 0 Å². The van der Waals surface area contributed by atoms with E-state index in [0.717, 1.165) is 16.9 Å². The first-order chi connectivity index (χ1) is 11.8. The third-order valence-electron chi connectivity index (χ3n) is 2.94. The maximum absolute atomic E-state index is 12.4. The molecule has 1 amide bonds. The molecule has 0 saturated heterocycles. The topological polar surface area (TPSA) is 82.5 Å². The van der Waals surface area contributed by atoms with Crippen LogP contribution < -0.4 is 10.1 Å². The maximum atomic E-state index is 12.4. The van der Waals surface area contributed by atoms with Gasteiger partial charge in [-0.05, 0) is 18.2 Å². The number of nitrogens with one attached hydrogen (secondary N) is 1. The zero-order chi connectivity index (χ0) is 18.4. The monoisotopic (exact) mass is 357 g/mol. The van der Waals surface area contributed by atoms with E-state index in [4.69, 9.17) is 9.47 Å². The number of rotatable bonds is 6. The third-order valence-corrected chi connectivity index (χ3v) is 2.94. The summed E-state index contributed by atoms with van der Waals surface area (Å²) < 4.78 is 47.7. The van der Waals surface area contributed by atoms with E-state index in [0.29, 0.717) is 11.4 Å². The van der Waals surface area contributed by atoms with Gasteiger partial charge in [0.15, 0.2) is 12.3 Å². The van der Waals surface area contributed by atoms with Crippen molar-refractivity contribution < 1.29 is 32.2 Å². The lowest BCUT2D eigenvalue weighted by Crippen LogP contribution is -2.23. The fourth-order valence-electron chi connectivity index (χ4n) is 1.82. The zero-order valence-corrected chi connectivity index (χ0v) is 13.0. The molecule has 0 saturated carbocycles. The molecule has 0 unspecified atom stereocenters. The number of amides is 1. The molecule has 134 valence electrons. The molecular weight excluding hydrogens is 343 g/mol. The normalized spacial score (nSPS) is 11.0. The second-order valence-corrected chi connectivity index (χ2v) is 4.84. The number of aromatic nitrogens is 2. The molecule has 1 N–H and O–H groups in total. The highest BCUT2D eigenvalue weighted by atomic mass is 19.4. The van der Waals surface area contributed by atoms with E-state index in [1.165, 1.54) is 7.11 Å². The van der Waals surface area contributed by atoms with Gasteiger partial charge in [0.05, 0.1) is 7.11 Å². The van der Waals surface area contributed by atoms with Crippen LogP contribution in [0.1, 0.15) is 5.69 Å². The number of nitrogens with zero attached hydrogens (tertiary/aromatic N) is 2. The van der Waals surface area contributed by atoms with Crippen LogP contribution in [0.3, 0.4) is 0 Å². The van der Waals surface area contributed by atoms with Crippen molar-refractivity contribution in [3.63, 3.8) is 0 Å². The Morgan fingerprint density at radius 2 is 2.04 bits per heavy atom. The van der Waals surface area contributed by atoms with E-state index in [1.807, 2.05) is 0 Å². The Bertz CT molecular complexity index is 758. The lowest BCUT2D eigenvalue weighted by Gasteiger charge is -2.08. The number of alkyl halides is 3. The second kappa shape index (κ2) is 7.69. The Morgan fingerprint density at radius 3 is 2.68 bits per heavy atom. The van der Waals surface area contributed by atoms with Crippen molar-refractivity contribution in [3.05, 3.63) is 42.2 Å². The maximum Gasteiger partial charge on any atom is 0.435 e. The van der Waals surface area contributed by atoms with Crippen molar-refractivity contribution in [2.45, 2.75) is 12.7 Å². The molecule has 25 heavy (non-hydrogen) atoms. The number of hydrogen-bond donors (Lipinski definition) is 1. The third kappa shape index (κ3) is 5.52. The molecule has 0 radical (unpaired) electrons. The van der Waals surface area contributed by atoms with Crippen LogP contribution in [0, 0.1) is 0 Å². The molecule has 0 aliphatic heterocycles. The quantitative estimate of drug-likeness (QED) is 0.801. The summed E-state index contributed by atoms with van der Waals surface area (Å²) in [4.78, 5) is 23.3. The molecule has 1 heterocycles. The fourth-order valence-corrected chi connectivity index (χ4v) is 1.82. The van der Waals surface area contributed by atoms with E-state index < -0.39 is 36.9 Å². The molecule has 10 heteroatoms. The highest BCUT2D eigenvalue weighted by molar-refractivity contribution is 5.92. The number of halogens is 3. The molecule has 0 aliphatic carbocycles. The fraction of sp³-hybridized carbons (Fsp3) is 0.267. The minimum Gasteiger partial charge on any atom is -0.497 e. The van der Waals surface area contributed by atoms with Crippen molar-refractivity contribution in [1.29, 1.82) is 0 Å². The molecule has 0 spiro atoms. The van der Waals surface area contributed by atoms with Gasteiger partial charge in [0, 0.05) is 18.0 Å². The molecule has 1 aromatic carbocycles. The van der Waals surface area contributed by atoms with Crippen LogP contribution in [0.4, 0.5) is 18.9 Å². The first-order valence-electron chi connectivity index (χ1n) is 6.98. The van der Waals surface area contributed by atoms with Gasteiger partial charge in [-0.1, -0.05) is 6.07 Å². The number of carbonyl (C=O) groups is 2. The lowest BCUT2D eigenvalue weighted by atomic mass is 10.3. The van der Waals surface area contributed by atoms with Crippen molar-refractivity contribution in [3.8, 4) is 5.75 Å². The van der Waals surface area contributed by atoms with E-state index in [2.05, 4.69) is 10.4 Å². The van der Waals surface area contributed by atoms with Crippen molar-refractivity contribution in [2.24, 2.45) is 0 Å². The molecule has 0 aliphatic rings. The van der Waals surface area contributed by atoms with E-state index in [9.17, 15) is 22.8 Å². The Morgan fingerprint density at radius 1 is 1.28 bits per heavy atom. The number of benzene rings is 1. The van der Waals surface area contributed by atoms with Crippen molar-refractivity contribution in [2.75, 3.05) is 19.0 Å². The Hall–Kier alpha value is -3.04. The van der Waals surface area contributed by atoms with Crippen LogP contribution in [0.5, 0.6) is 5.75 Å². The lowest BCUT2D eigenvalue weighted by molar-refractivity contribution is -0.148. The highest BCUT2D eigenvalue weighted by Gasteiger charge is 2.33. The molecule has 0 fully saturated rings. The van der Waals surface area contributed by atoms with Crippen LogP contribution in [-0.4, -0.2) is 35.4 Å². The predicted octanol–water partition coefficient (Wildman–Crippen LogP) is 2.09. The van der Waals surface area contributed by atoms with E-state index in [-0.39, 0.29) is 0 Å². The van der Waals surface area contributed by atoms with Crippen LogP contribution in [0.2, 0.25) is 0 Å². The zero-order valence-electron chi connectivity index (χ0n) is 13.0. The molecule has 0 atom stereocenters. The number of hydrogen-bond acceptors (Lipinski definition) is 5. The summed E-state index contributed by atoms with van der Waals surface area (Å²) in [5.74, 6) is -0.954. The second-order valence-electron chi connectivity index (χ2n) is 4.84. The van der Waals surface area contributed by atoms with Crippen LogP contribution in [0.15, 0.2) is 36.5 Å². The Labute approximate surface area is 140 Å². The van der Waals surface area contributed by atoms with Crippen molar-refractivity contribution >= 4 is 17.6 Å². The minimum absolute atomic E-state index is 0.447. The summed E-state index contributed by atoms with van der Waals surface area (Å²) >= 11 is 0. The van der Waals surface area contributed by atoms with Crippen LogP contribution >= 0.6 is 0 Å². The van der Waals surface area contributed by atoms with Crippen molar-refractivity contribution in [1.82, 2.24) is 9.78 Å². The van der Waals surface area contributed by atoms with Gasteiger partial charge in [0.1, 0.15) is 12.3 Å². The average Bonchev–Trinajstić information content (AvgIpc) is 3.02. The van der Waals surface area contributed by atoms with Crippen LogP contribution in [0.25, 0.3) is 0 Å². The van der Waals surface area contributed by atoms with Gasteiger partial charge in [-0.3, -0.25) is 14.3 Å². The molecule has 2 rings (SSSR count). The Kier molecular flexibility index (Phi) is 5.63. The van der Waals surface area contributed by atoms with Gasteiger partial charge < -0.3 is 14.8 Å². The minimum atomic E-state index is -4.59. The number of anilines is 1. The first kappa shape index (κ1) is 18.3. The number of carbonyl (C=O) groups excluding carboxylic acids is 2. The van der Waals surface area contributed by atoms with E-state index in [1.54, 1.807) is 24.3 Å². The first-order valence-corrected chi connectivity index (χ1v) is 6.98. The largest absolute Gasteiger partial charge is 0.497 e. The Balaban J connectivity index is 1.81. The van der Waals surface area contributed by atoms with Crippen LogP contribution in [-0.2, 0) is 27.0 Å². The van der Waals surface area contributed by atoms with Gasteiger partial charge in [-0.2, -0.15) is 18.3 Å². The molecule has 1 aromatic heterocycles. The summed E-state index contributed by atoms with van der Waals surface area (Å²) in [6.07, 6.45) is -3.59.